The lowest BCUT2D eigenvalue weighted by Crippen LogP contribution is -2.40. The average Bonchev–Trinajstić information content (AvgIpc) is 2.83. The molecule has 6 nitrogen and oxygen atoms in total. The van der Waals surface area contributed by atoms with Crippen LogP contribution in [-0.2, 0) is 19.6 Å². The molecule has 0 bridgehead atoms. The first-order chi connectivity index (χ1) is 9.77. The van der Waals surface area contributed by atoms with Gasteiger partial charge < -0.3 is 9.84 Å². The Morgan fingerprint density at radius 1 is 1.52 bits per heavy atom. The number of nitrogens with zero attached hydrogens (tertiary/aromatic N) is 1. The minimum absolute atomic E-state index is 0.0117. The molecule has 1 aromatic carbocycles. The van der Waals surface area contributed by atoms with Crippen molar-refractivity contribution < 1.29 is 23.1 Å². The first kappa shape index (κ1) is 16.7. The van der Waals surface area contributed by atoms with E-state index in [-0.39, 0.29) is 22.9 Å². The zero-order valence-corrected chi connectivity index (χ0v) is 14.2. The Bertz CT molecular complexity index is 666. The Labute approximate surface area is 135 Å². The molecule has 1 aromatic rings. The van der Waals surface area contributed by atoms with Crippen molar-refractivity contribution in [3.8, 4) is 0 Å². The molecule has 9 heteroatoms. The van der Waals surface area contributed by atoms with E-state index in [9.17, 15) is 18.3 Å². The fraction of sp³-hybridized carbons (Fsp3) is 0.417. The molecule has 0 radical (unpaired) electrons. The van der Waals surface area contributed by atoms with Gasteiger partial charge in [-0.1, -0.05) is 27.5 Å². The number of hydrogen-bond donors (Lipinski definition) is 1. The summed E-state index contributed by atoms with van der Waals surface area (Å²) in [5.74, 6) is -1.20. The topological polar surface area (TPSA) is 83.9 Å². The van der Waals surface area contributed by atoms with Gasteiger partial charge in [-0.2, -0.15) is 4.31 Å². The highest BCUT2D eigenvalue weighted by molar-refractivity contribution is 9.10. The SMILES string of the molecule is COC1CC(C(=O)O)N(S(=O)(=O)c2ccc(Br)cc2Cl)C1. The van der Waals surface area contributed by atoms with Crippen molar-refractivity contribution in [3.05, 3.63) is 27.7 Å². The van der Waals surface area contributed by atoms with Gasteiger partial charge in [-0.05, 0) is 18.2 Å². The van der Waals surface area contributed by atoms with Gasteiger partial charge in [-0.3, -0.25) is 4.79 Å². The third-order valence-electron chi connectivity index (χ3n) is 3.32. The number of benzene rings is 1. The van der Waals surface area contributed by atoms with Crippen LogP contribution in [0.1, 0.15) is 6.42 Å². The Hall–Kier alpha value is -0.670. The minimum atomic E-state index is -4.00. The van der Waals surface area contributed by atoms with Gasteiger partial charge in [-0.25, -0.2) is 8.42 Å². The third-order valence-corrected chi connectivity index (χ3v) is 6.17. The summed E-state index contributed by atoms with van der Waals surface area (Å²) in [6.07, 6.45) is -0.339. The zero-order chi connectivity index (χ0) is 15.8. The number of aliphatic carboxylic acids is 1. The average molecular weight is 399 g/mol. The molecule has 0 aromatic heterocycles. The van der Waals surface area contributed by atoms with Crippen LogP contribution >= 0.6 is 27.5 Å². The van der Waals surface area contributed by atoms with Crippen LogP contribution in [-0.4, -0.2) is 49.6 Å². The second kappa shape index (κ2) is 6.21. The maximum atomic E-state index is 12.7. The molecule has 1 N–H and O–H groups in total. The van der Waals surface area contributed by atoms with Crippen LogP contribution in [0.5, 0.6) is 0 Å². The van der Waals surface area contributed by atoms with Crippen molar-refractivity contribution in [2.45, 2.75) is 23.5 Å². The number of sulfonamides is 1. The second-order valence-electron chi connectivity index (χ2n) is 4.60. The molecule has 2 unspecified atom stereocenters. The Kier molecular flexibility index (Phi) is 4.94. The molecule has 2 rings (SSSR count). The number of ether oxygens (including phenoxy) is 1. The molecule has 2 atom stereocenters. The van der Waals surface area contributed by atoms with Crippen molar-refractivity contribution in [2.75, 3.05) is 13.7 Å². The summed E-state index contributed by atoms with van der Waals surface area (Å²) in [6, 6.07) is 3.19. The van der Waals surface area contributed by atoms with E-state index in [0.717, 1.165) is 4.31 Å². The Morgan fingerprint density at radius 2 is 2.19 bits per heavy atom. The van der Waals surface area contributed by atoms with Crippen LogP contribution in [0.4, 0.5) is 0 Å². The van der Waals surface area contributed by atoms with Crippen molar-refractivity contribution >= 4 is 43.5 Å². The standard InChI is InChI=1S/C12H13BrClNO5S/c1-20-8-5-10(12(16)17)15(6-8)21(18,19)11-3-2-7(13)4-9(11)14/h2-4,8,10H,5-6H2,1H3,(H,16,17). The number of carboxylic acid groups (broad SMARTS) is 1. The smallest absolute Gasteiger partial charge is 0.322 e. The summed E-state index contributed by atoms with van der Waals surface area (Å²) in [7, 11) is -2.58. The summed E-state index contributed by atoms with van der Waals surface area (Å²) in [5.41, 5.74) is 0. The van der Waals surface area contributed by atoms with Gasteiger partial charge in [0.25, 0.3) is 0 Å². The van der Waals surface area contributed by atoms with Gasteiger partial charge in [0.15, 0.2) is 0 Å². The number of methoxy groups -OCH3 is 1. The summed E-state index contributed by atoms with van der Waals surface area (Å²) in [4.78, 5) is 11.2. The molecular weight excluding hydrogens is 386 g/mol. The summed E-state index contributed by atoms with van der Waals surface area (Å²) < 4.78 is 32.0. The lowest BCUT2D eigenvalue weighted by Gasteiger charge is -2.21. The van der Waals surface area contributed by atoms with E-state index in [1.165, 1.54) is 19.2 Å². The first-order valence-electron chi connectivity index (χ1n) is 6.00. The molecule has 0 spiro atoms. The highest BCUT2D eigenvalue weighted by atomic mass is 79.9. The Morgan fingerprint density at radius 3 is 2.71 bits per heavy atom. The number of hydrogen-bond acceptors (Lipinski definition) is 4. The molecule has 0 saturated carbocycles. The Balaban J connectivity index is 2.44. The third kappa shape index (κ3) is 3.24. The molecular formula is C12H13BrClNO5S. The molecule has 0 aliphatic carbocycles. The van der Waals surface area contributed by atoms with Gasteiger partial charge in [0.1, 0.15) is 10.9 Å². The highest BCUT2D eigenvalue weighted by Gasteiger charge is 2.44. The van der Waals surface area contributed by atoms with E-state index in [4.69, 9.17) is 16.3 Å². The largest absolute Gasteiger partial charge is 0.480 e. The van der Waals surface area contributed by atoms with E-state index in [1.54, 1.807) is 6.07 Å². The molecule has 1 saturated heterocycles. The normalized spacial score (nSPS) is 23.4. The van der Waals surface area contributed by atoms with E-state index in [0.29, 0.717) is 4.47 Å². The monoisotopic (exact) mass is 397 g/mol. The van der Waals surface area contributed by atoms with E-state index in [2.05, 4.69) is 15.9 Å². The van der Waals surface area contributed by atoms with Crippen molar-refractivity contribution in [1.29, 1.82) is 0 Å². The maximum absolute atomic E-state index is 12.7. The van der Waals surface area contributed by atoms with Gasteiger partial charge in [0.05, 0.1) is 11.1 Å². The van der Waals surface area contributed by atoms with E-state index >= 15 is 0 Å². The van der Waals surface area contributed by atoms with Crippen molar-refractivity contribution in [3.63, 3.8) is 0 Å². The molecule has 1 aliphatic heterocycles. The summed E-state index contributed by atoms with van der Waals surface area (Å²) in [6.45, 7) is -0.0117. The fourth-order valence-electron chi connectivity index (χ4n) is 2.24. The summed E-state index contributed by atoms with van der Waals surface area (Å²) in [5, 5.41) is 9.25. The second-order valence-corrected chi connectivity index (χ2v) is 7.78. The highest BCUT2D eigenvalue weighted by Crippen LogP contribution is 2.32. The lowest BCUT2D eigenvalue weighted by atomic mass is 10.2. The van der Waals surface area contributed by atoms with Gasteiger partial charge >= 0.3 is 5.97 Å². The molecule has 1 fully saturated rings. The number of halogens is 2. The number of rotatable bonds is 4. The van der Waals surface area contributed by atoms with Gasteiger partial charge in [0.2, 0.25) is 10.0 Å². The number of carbonyl (C=O) groups is 1. The molecule has 21 heavy (non-hydrogen) atoms. The van der Waals surface area contributed by atoms with E-state index < -0.39 is 28.1 Å². The molecule has 116 valence electrons. The zero-order valence-electron chi connectivity index (χ0n) is 11.0. The molecule has 1 aliphatic rings. The van der Waals surface area contributed by atoms with Gasteiger partial charge in [-0.15, -0.1) is 0 Å². The first-order valence-corrected chi connectivity index (χ1v) is 8.61. The van der Waals surface area contributed by atoms with Crippen LogP contribution in [0.25, 0.3) is 0 Å². The fourth-order valence-corrected chi connectivity index (χ4v) is 4.88. The summed E-state index contributed by atoms with van der Waals surface area (Å²) >= 11 is 9.17. The van der Waals surface area contributed by atoms with E-state index in [1.807, 2.05) is 0 Å². The van der Waals surface area contributed by atoms with Crippen LogP contribution in [0.2, 0.25) is 5.02 Å². The maximum Gasteiger partial charge on any atom is 0.322 e. The predicted octanol–water partition coefficient (Wildman–Crippen LogP) is 1.97. The lowest BCUT2D eigenvalue weighted by molar-refractivity contribution is -0.140. The van der Waals surface area contributed by atoms with Crippen molar-refractivity contribution in [2.24, 2.45) is 0 Å². The number of carboxylic acids is 1. The van der Waals surface area contributed by atoms with Crippen LogP contribution in [0, 0.1) is 0 Å². The van der Waals surface area contributed by atoms with Crippen LogP contribution in [0.3, 0.4) is 0 Å². The van der Waals surface area contributed by atoms with Crippen molar-refractivity contribution in [1.82, 2.24) is 4.31 Å². The predicted molar refractivity (Wildman–Crippen MR) is 79.9 cm³/mol. The molecule has 1 heterocycles. The van der Waals surface area contributed by atoms with Crippen LogP contribution < -0.4 is 0 Å². The molecule has 0 amide bonds. The van der Waals surface area contributed by atoms with Crippen LogP contribution in [0.15, 0.2) is 27.6 Å². The minimum Gasteiger partial charge on any atom is -0.480 e. The quantitative estimate of drug-likeness (QED) is 0.838. The van der Waals surface area contributed by atoms with Gasteiger partial charge in [0, 0.05) is 24.5 Å².